The monoisotopic (exact) mass is 342 g/mol. The molecule has 0 saturated carbocycles. The van der Waals surface area contributed by atoms with Gasteiger partial charge in [0.05, 0.1) is 5.69 Å². The fraction of sp³-hybridized carbons (Fsp3) is 0.421. The number of carbonyl (C=O) groups is 1. The number of aryl methyl sites for hydroxylation is 1. The number of rotatable bonds is 7. The first-order chi connectivity index (χ1) is 11.9. The van der Waals surface area contributed by atoms with Crippen molar-refractivity contribution in [1.82, 2.24) is 15.5 Å². The summed E-state index contributed by atoms with van der Waals surface area (Å²) in [6.07, 6.45) is 1.14. The van der Waals surface area contributed by atoms with E-state index in [2.05, 4.69) is 33.0 Å². The van der Waals surface area contributed by atoms with Gasteiger partial charge in [-0.3, -0.25) is 0 Å². The average molecular weight is 342 g/mol. The van der Waals surface area contributed by atoms with Gasteiger partial charge in [-0.05, 0) is 51.3 Å². The number of ether oxygens (including phenoxy) is 1. The van der Waals surface area contributed by atoms with Crippen LogP contribution in [0.3, 0.4) is 0 Å². The van der Waals surface area contributed by atoms with Crippen LogP contribution in [0.4, 0.5) is 10.6 Å². The number of nitrogens with one attached hydrogen (secondary N) is 2. The molecule has 0 aliphatic rings. The Labute approximate surface area is 149 Å². The summed E-state index contributed by atoms with van der Waals surface area (Å²) in [5, 5.41) is 14.4. The van der Waals surface area contributed by atoms with Gasteiger partial charge in [-0.15, -0.1) is 5.10 Å². The third-order valence-corrected chi connectivity index (χ3v) is 3.31. The molecule has 0 spiro atoms. The lowest BCUT2D eigenvalue weighted by atomic mass is 10.2. The molecule has 2 rings (SSSR count). The van der Waals surface area contributed by atoms with Crippen molar-refractivity contribution in [2.24, 2.45) is 0 Å². The number of carbonyl (C=O) groups excluding carboxylic acids is 1. The number of hydrogen-bond donors (Lipinski definition) is 2. The van der Waals surface area contributed by atoms with Gasteiger partial charge in [0.1, 0.15) is 11.4 Å². The number of anilines is 1. The first-order valence-electron chi connectivity index (χ1n) is 8.50. The maximum Gasteiger partial charge on any atom is 0.407 e. The Morgan fingerprint density at radius 1 is 1.08 bits per heavy atom. The first-order valence-corrected chi connectivity index (χ1v) is 8.50. The molecule has 6 nitrogen and oxygen atoms in total. The predicted octanol–water partition coefficient (Wildman–Crippen LogP) is 3.55. The molecule has 1 amide bonds. The summed E-state index contributed by atoms with van der Waals surface area (Å²) in [7, 11) is 0. The fourth-order valence-corrected chi connectivity index (χ4v) is 2.15. The lowest BCUT2D eigenvalue weighted by molar-refractivity contribution is 0.0527. The number of alkyl carbamates (subject to hydrolysis) is 1. The minimum Gasteiger partial charge on any atom is -0.444 e. The van der Waals surface area contributed by atoms with E-state index >= 15 is 0 Å². The Kier molecular flexibility index (Phi) is 6.74. The van der Waals surface area contributed by atoms with E-state index in [-0.39, 0.29) is 6.09 Å². The van der Waals surface area contributed by atoms with Crippen LogP contribution >= 0.6 is 0 Å². The third kappa shape index (κ3) is 7.65. The quantitative estimate of drug-likeness (QED) is 0.753. The van der Waals surface area contributed by atoms with Crippen molar-refractivity contribution in [2.45, 2.75) is 45.8 Å². The summed E-state index contributed by atoms with van der Waals surface area (Å²) in [4.78, 5) is 11.5. The van der Waals surface area contributed by atoms with Crippen molar-refractivity contribution in [3.8, 4) is 0 Å². The smallest absolute Gasteiger partial charge is 0.407 e. The Hall–Kier alpha value is -2.63. The van der Waals surface area contributed by atoms with Gasteiger partial charge in [-0.2, -0.15) is 5.10 Å². The van der Waals surface area contributed by atoms with Crippen molar-refractivity contribution in [1.29, 1.82) is 0 Å². The predicted molar refractivity (Wildman–Crippen MR) is 98.4 cm³/mol. The molecule has 0 fully saturated rings. The number of hydrogen-bond acceptors (Lipinski definition) is 5. The van der Waals surface area contributed by atoms with Gasteiger partial charge in [-0.1, -0.05) is 30.3 Å². The lowest BCUT2D eigenvalue weighted by Gasteiger charge is -2.19. The minimum absolute atomic E-state index is 0.390. The Bertz CT molecular complexity index is 651. The van der Waals surface area contributed by atoms with E-state index in [1.165, 1.54) is 5.56 Å². The molecule has 25 heavy (non-hydrogen) atoms. The highest BCUT2D eigenvalue weighted by molar-refractivity contribution is 5.67. The Balaban J connectivity index is 1.67. The molecule has 0 atom stereocenters. The van der Waals surface area contributed by atoms with Crippen molar-refractivity contribution in [3.05, 3.63) is 53.7 Å². The number of benzene rings is 1. The molecule has 1 aromatic carbocycles. The highest BCUT2D eigenvalue weighted by Crippen LogP contribution is 2.08. The summed E-state index contributed by atoms with van der Waals surface area (Å²) >= 11 is 0. The SMILES string of the molecule is CC(C)(C)OC(=O)NCCCc1ccc(NCc2ccccc2)nn1. The lowest BCUT2D eigenvalue weighted by Crippen LogP contribution is -2.33. The molecule has 0 radical (unpaired) electrons. The number of aromatic nitrogens is 2. The topological polar surface area (TPSA) is 76.1 Å². The molecule has 0 aliphatic carbocycles. The standard InChI is InChI=1S/C19H26N4O2/c1-19(2,3)25-18(24)20-13-7-10-16-11-12-17(23-22-16)21-14-15-8-5-4-6-9-15/h4-6,8-9,11-12H,7,10,13-14H2,1-3H3,(H,20,24)(H,21,23). The van der Waals surface area contributed by atoms with E-state index < -0.39 is 5.60 Å². The maximum atomic E-state index is 11.5. The second-order valence-corrected chi connectivity index (χ2v) is 6.78. The summed E-state index contributed by atoms with van der Waals surface area (Å²) in [6, 6.07) is 14.0. The molecule has 0 saturated heterocycles. The third-order valence-electron chi connectivity index (χ3n) is 3.31. The van der Waals surface area contributed by atoms with Gasteiger partial charge in [-0.25, -0.2) is 4.79 Å². The molecule has 1 aromatic heterocycles. The van der Waals surface area contributed by atoms with Crippen molar-refractivity contribution in [3.63, 3.8) is 0 Å². The number of nitrogens with zero attached hydrogens (tertiary/aromatic N) is 2. The highest BCUT2D eigenvalue weighted by Gasteiger charge is 2.15. The van der Waals surface area contributed by atoms with Gasteiger partial charge in [0.15, 0.2) is 0 Å². The van der Waals surface area contributed by atoms with Gasteiger partial charge in [0.2, 0.25) is 0 Å². The number of amides is 1. The van der Waals surface area contributed by atoms with Crippen LogP contribution in [0, 0.1) is 0 Å². The van der Waals surface area contributed by atoms with Gasteiger partial charge in [0.25, 0.3) is 0 Å². The largest absolute Gasteiger partial charge is 0.444 e. The summed E-state index contributed by atoms with van der Waals surface area (Å²) in [5.74, 6) is 0.750. The van der Waals surface area contributed by atoms with Gasteiger partial charge < -0.3 is 15.4 Å². The van der Waals surface area contributed by atoms with Gasteiger partial charge in [0, 0.05) is 13.1 Å². The molecule has 6 heteroatoms. The van der Waals surface area contributed by atoms with Crippen LogP contribution in [0.1, 0.15) is 38.4 Å². The fourth-order valence-electron chi connectivity index (χ4n) is 2.15. The second kappa shape index (κ2) is 9.01. The zero-order chi connectivity index (χ0) is 18.1. The van der Waals surface area contributed by atoms with Crippen molar-refractivity contribution in [2.75, 3.05) is 11.9 Å². The van der Waals surface area contributed by atoms with Crippen LogP contribution in [0.25, 0.3) is 0 Å². The molecule has 1 heterocycles. The molecule has 134 valence electrons. The maximum absolute atomic E-state index is 11.5. The van der Waals surface area contributed by atoms with E-state index in [0.29, 0.717) is 13.1 Å². The van der Waals surface area contributed by atoms with Crippen LogP contribution < -0.4 is 10.6 Å². The molecular weight excluding hydrogens is 316 g/mol. The molecule has 0 aliphatic heterocycles. The van der Waals surface area contributed by atoms with Crippen molar-refractivity contribution >= 4 is 11.9 Å². The molecule has 0 unspecified atom stereocenters. The molecular formula is C19H26N4O2. The summed E-state index contributed by atoms with van der Waals surface area (Å²) in [6.45, 7) is 6.79. The second-order valence-electron chi connectivity index (χ2n) is 6.78. The zero-order valence-electron chi connectivity index (χ0n) is 15.1. The molecule has 2 aromatic rings. The van der Waals surface area contributed by atoms with E-state index in [9.17, 15) is 4.79 Å². The van der Waals surface area contributed by atoms with Gasteiger partial charge >= 0.3 is 6.09 Å². The zero-order valence-corrected chi connectivity index (χ0v) is 15.1. The summed E-state index contributed by atoms with van der Waals surface area (Å²) < 4.78 is 5.18. The Morgan fingerprint density at radius 2 is 1.84 bits per heavy atom. The van der Waals surface area contributed by atoms with Crippen LogP contribution in [0.15, 0.2) is 42.5 Å². The summed E-state index contributed by atoms with van der Waals surface area (Å²) in [5.41, 5.74) is 1.62. The highest BCUT2D eigenvalue weighted by atomic mass is 16.6. The van der Waals surface area contributed by atoms with E-state index in [1.807, 2.05) is 51.1 Å². The van der Waals surface area contributed by atoms with Crippen LogP contribution in [-0.2, 0) is 17.7 Å². The van der Waals surface area contributed by atoms with E-state index in [1.54, 1.807) is 0 Å². The first kappa shape index (κ1) is 18.7. The van der Waals surface area contributed by atoms with E-state index in [0.717, 1.165) is 24.4 Å². The minimum atomic E-state index is -0.474. The van der Waals surface area contributed by atoms with E-state index in [4.69, 9.17) is 4.74 Å². The van der Waals surface area contributed by atoms with Crippen LogP contribution in [-0.4, -0.2) is 28.4 Å². The van der Waals surface area contributed by atoms with Crippen LogP contribution in [0.5, 0.6) is 0 Å². The molecule has 2 N–H and O–H groups in total. The average Bonchev–Trinajstić information content (AvgIpc) is 2.57. The Morgan fingerprint density at radius 3 is 2.48 bits per heavy atom. The molecule has 0 bridgehead atoms. The van der Waals surface area contributed by atoms with Crippen LogP contribution in [0.2, 0.25) is 0 Å². The van der Waals surface area contributed by atoms with Crippen molar-refractivity contribution < 1.29 is 9.53 Å². The normalized spacial score (nSPS) is 11.0.